The van der Waals surface area contributed by atoms with Gasteiger partial charge in [-0.2, -0.15) is 12.8 Å². The zero-order valence-electron chi connectivity index (χ0n) is 5.60. The van der Waals surface area contributed by atoms with Crippen molar-refractivity contribution < 1.29 is 8.42 Å². The molecule has 2 rings (SSSR count). The molecule has 0 amide bonds. The number of rotatable bonds is 0. The van der Waals surface area contributed by atoms with E-state index in [1.807, 2.05) is 22.6 Å². The van der Waals surface area contributed by atoms with E-state index in [0.29, 0.717) is 9.28 Å². The molecule has 0 bridgehead atoms. The van der Waals surface area contributed by atoms with Gasteiger partial charge in [-0.3, -0.25) is 0 Å². The largest absolute Gasteiger partial charge is 0.301 e. The van der Waals surface area contributed by atoms with E-state index in [2.05, 4.69) is 14.4 Å². The summed E-state index contributed by atoms with van der Waals surface area (Å²) >= 11 is 1.84. The molecule has 62 valence electrons. The zero-order chi connectivity index (χ0) is 8.77. The summed E-state index contributed by atoms with van der Waals surface area (Å²) in [6, 6.07) is 0. The predicted molar refractivity (Wildman–Crippen MR) is 49.8 cm³/mol. The molecule has 7 heteroatoms. The monoisotopic (exact) mass is 295 g/mol. The Morgan fingerprint density at radius 2 is 2.17 bits per heavy atom. The summed E-state index contributed by atoms with van der Waals surface area (Å²) in [6.45, 7) is 0. The third kappa shape index (κ3) is 1.04. The summed E-state index contributed by atoms with van der Waals surface area (Å²) < 4.78 is 26.2. The van der Waals surface area contributed by atoms with Gasteiger partial charge in [0.15, 0.2) is 5.03 Å². The van der Waals surface area contributed by atoms with E-state index in [9.17, 15) is 8.42 Å². The molecule has 0 spiro atoms. The second kappa shape index (κ2) is 2.46. The zero-order valence-corrected chi connectivity index (χ0v) is 8.57. The standard InChI is InChI=1S/C5H2IN3O2S/c6-4-3-1-7-2-8-5(3)12(10,11)9-4/h1-2H. The van der Waals surface area contributed by atoms with E-state index in [0.717, 1.165) is 0 Å². The van der Waals surface area contributed by atoms with Crippen molar-refractivity contribution in [2.75, 3.05) is 0 Å². The summed E-state index contributed by atoms with van der Waals surface area (Å²) in [6.07, 6.45) is 2.64. The SMILES string of the molecule is O=S1(=O)N=C(I)c2cncnc21. The van der Waals surface area contributed by atoms with Crippen LogP contribution in [0.4, 0.5) is 0 Å². The molecule has 1 aromatic heterocycles. The van der Waals surface area contributed by atoms with Gasteiger partial charge >= 0.3 is 10.0 Å². The fourth-order valence-electron chi connectivity index (χ4n) is 0.863. The van der Waals surface area contributed by atoms with Crippen molar-refractivity contribution >= 4 is 36.3 Å². The maximum Gasteiger partial charge on any atom is 0.301 e. The maximum atomic E-state index is 11.2. The first kappa shape index (κ1) is 8.05. The molecule has 1 aromatic rings. The summed E-state index contributed by atoms with van der Waals surface area (Å²) in [5.74, 6) is 0. The van der Waals surface area contributed by atoms with Gasteiger partial charge in [0.2, 0.25) is 0 Å². The average Bonchev–Trinajstić information content (AvgIpc) is 2.25. The molecule has 5 nitrogen and oxygen atoms in total. The van der Waals surface area contributed by atoms with Crippen LogP contribution in [0.2, 0.25) is 0 Å². The van der Waals surface area contributed by atoms with Crippen LogP contribution in [0.5, 0.6) is 0 Å². The number of aromatic nitrogens is 2. The Morgan fingerprint density at radius 3 is 2.83 bits per heavy atom. The van der Waals surface area contributed by atoms with Crippen molar-refractivity contribution in [2.24, 2.45) is 4.40 Å². The highest BCUT2D eigenvalue weighted by molar-refractivity contribution is 14.1. The minimum absolute atomic E-state index is 0.00176. The number of halogens is 1. The number of sulfonamides is 1. The van der Waals surface area contributed by atoms with Gasteiger partial charge in [0, 0.05) is 6.20 Å². The van der Waals surface area contributed by atoms with Gasteiger partial charge in [0.1, 0.15) is 10.0 Å². The molecule has 0 saturated carbocycles. The van der Waals surface area contributed by atoms with Crippen molar-refractivity contribution in [3.05, 3.63) is 18.1 Å². The quantitative estimate of drug-likeness (QED) is 0.512. The van der Waals surface area contributed by atoms with Gasteiger partial charge in [-0.15, -0.1) is 0 Å². The number of hydrogen-bond acceptors (Lipinski definition) is 4. The Labute approximate surface area is 82.1 Å². The Balaban J connectivity index is 2.86. The molecule has 12 heavy (non-hydrogen) atoms. The lowest BCUT2D eigenvalue weighted by molar-refractivity contribution is 0.595. The van der Waals surface area contributed by atoms with Crippen LogP contribution in [0.25, 0.3) is 0 Å². The molecule has 0 atom stereocenters. The second-order valence-electron chi connectivity index (χ2n) is 2.10. The first-order valence-corrected chi connectivity index (χ1v) is 5.44. The first-order chi connectivity index (χ1) is 5.61. The molecule has 2 heterocycles. The van der Waals surface area contributed by atoms with Gasteiger partial charge in [-0.25, -0.2) is 9.97 Å². The third-order valence-corrected chi connectivity index (χ3v) is 3.73. The normalized spacial score (nSPS) is 18.6. The van der Waals surface area contributed by atoms with Crippen LogP contribution < -0.4 is 0 Å². The Hall–Kier alpha value is -0.570. The molecule has 0 N–H and O–H groups in total. The molecular weight excluding hydrogens is 293 g/mol. The lowest BCUT2D eigenvalue weighted by atomic mass is 10.4. The van der Waals surface area contributed by atoms with E-state index < -0.39 is 10.0 Å². The molecule has 0 aliphatic carbocycles. The third-order valence-electron chi connectivity index (χ3n) is 1.34. The van der Waals surface area contributed by atoms with Crippen molar-refractivity contribution in [1.82, 2.24) is 9.97 Å². The summed E-state index contributed by atoms with van der Waals surface area (Å²) in [4.78, 5) is 7.36. The molecule has 0 fully saturated rings. The summed E-state index contributed by atoms with van der Waals surface area (Å²) in [5, 5.41) is 0.00176. The number of hydrogen-bond donors (Lipinski definition) is 0. The summed E-state index contributed by atoms with van der Waals surface area (Å²) in [5.41, 5.74) is 0.484. The van der Waals surface area contributed by atoms with Crippen molar-refractivity contribution in [1.29, 1.82) is 0 Å². The van der Waals surface area contributed by atoms with Gasteiger partial charge in [-0.1, -0.05) is 0 Å². The highest BCUT2D eigenvalue weighted by atomic mass is 127. The average molecular weight is 295 g/mol. The van der Waals surface area contributed by atoms with E-state index in [4.69, 9.17) is 0 Å². The lowest BCUT2D eigenvalue weighted by Crippen LogP contribution is -1.97. The van der Waals surface area contributed by atoms with E-state index in [1.54, 1.807) is 0 Å². The van der Waals surface area contributed by atoms with Gasteiger partial charge in [0.05, 0.1) is 5.56 Å². The fraction of sp³-hybridized carbons (Fsp3) is 0. The van der Waals surface area contributed by atoms with E-state index in [1.165, 1.54) is 12.5 Å². The second-order valence-corrected chi connectivity index (χ2v) is 4.64. The Bertz CT molecular complexity index is 467. The van der Waals surface area contributed by atoms with Crippen molar-refractivity contribution in [2.45, 2.75) is 5.03 Å². The van der Waals surface area contributed by atoms with Crippen molar-refractivity contribution in [3.63, 3.8) is 0 Å². The number of fused-ring (bicyclic) bond motifs is 1. The molecule has 0 saturated heterocycles. The van der Waals surface area contributed by atoms with Crippen LogP contribution in [-0.2, 0) is 10.0 Å². The highest BCUT2D eigenvalue weighted by Crippen LogP contribution is 2.25. The molecule has 1 aliphatic heterocycles. The minimum Gasteiger partial charge on any atom is -0.244 e. The number of nitrogens with zero attached hydrogens (tertiary/aromatic N) is 3. The van der Waals surface area contributed by atoms with Crippen molar-refractivity contribution in [3.8, 4) is 0 Å². The molecule has 0 unspecified atom stereocenters. The van der Waals surface area contributed by atoms with Crippen LogP contribution in [0, 0.1) is 0 Å². The van der Waals surface area contributed by atoms with Gasteiger partial charge in [-0.05, 0) is 22.6 Å². The van der Waals surface area contributed by atoms with Crippen LogP contribution in [0.3, 0.4) is 0 Å². The van der Waals surface area contributed by atoms with Crippen LogP contribution in [-0.4, -0.2) is 22.1 Å². The molecule has 0 aromatic carbocycles. The van der Waals surface area contributed by atoms with Gasteiger partial charge < -0.3 is 0 Å². The molecule has 0 radical (unpaired) electrons. The summed E-state index contributed by atoms with van der Waals surface area (Å²) in [7, 11) is -3.53. The van der Waals surface area contributed by atoms with Crippen LogP contribution in [0.15, 0.2) is 21.9 Å². The van der Waals surface area contributed by atoms with Crippen LogP contribution >= 0.6 is 22.6 Å². The first-order valence-electron chi connectivity index (χ1n) is 2.92. The van der Waals surface area contributed by atoms with Gasteiger partial charge in [0.25, 0.3) is 0 Å². The smallest absolute Gasteiger partial charge is 0.244 e. The van der Waals surface area contributed by atoms with E-state index in [-0.39, 0.29) is 5.03 Å². The van der Waals surface area contributed by atoms with E-state index >= 15 is 0 Å². The highest BCUT2D eigenvalue weighted by Gasteiger charge is 2.28. The predicted octanol–water partition coefficient (Wildman–Crippen LogP) is 0.361. The molecular formula is C5H2IN3O2S. The minimum atomic E-state index is -3.53. The lowest BCUT2D eigenvalue weighted by Gasteiger charge is -1.91. The van der Waals surface area contributed by atoms with Crippen LogP contribution in [0.1, 0.15) is 5.56 Å². The fourth-order valence-corrected chi connectivity index (χ4v) is 3.22. The molecule has 1 aliphatic rings. The maximum absolute atomic E-state index is 11.2. The topological polar surface area (TPSA) is 72.3 Å². The Kier molecular flexibility index (Phi) is 1.65. The Morgan fingerprint density at radius 1 is 1.42 bits per heavy atom.